The van der Waals surface area contributed by atoms with E-state index in [1.54, 1.807) is 4.68 Å². The summed E-state index contributed by atoms with van der Waals surface area (Å²) in [5.41, 5.74) is 3.68. The van der Waals surface area contributed by atoms with Crippen LogP contribution in [0.1, 0.15) is 12.1 Å². The molecule has 7 nitrogen and oxygen atoms in total. The summed E-state index contributed by atoms with van der Waals surface area (Å²) in [5, 5.41) is 13.7. The Labute approximate surface area is 156 Å². The number of benzene rings is 1. The minimum atomic E-state index is 0.180. The number of nitrogens with zero attached hydrogens (tertiary/aromatic N) is 5. The molecule has 0 unspecified atom stereocenters. The zero-order chi connectivity index (χ0) is 18.4. The van der Waals surface area contributed by atoms with Crippen LogP contribution in [0.15, 0.2) is 36.7 Å². The molecule has 2 atom stereocenters. The molecule has 138 valence electrons. The number of aromatic nitrogens is 4. The zero-order valence-electron chi connectivity index (χ0n) is 15.2. The van der Waals surface area contributed by atoms with Gasteiger partial charge in [-0.2, -0.15) is 15.3 Å². The molecule has 2 aliphatic rings. The van der Waals surface area contributed by atoms with Crippen molar-refractivity contribution in [3.05, 3.63) is 42.4 Å². The summed E-state index contributed by atoms with van der Waals surface area (Å²) in [7, 11) is 1.90. The number of aryl methyl sites for hydroxylation is 1. The van der Waals surface area contributed by atoms with E-state index >= 15 is 0 Å². The molecule has 4 heterocycles. The Morgan fingerprint density at radius 1 is 1.26 bits per heavy atom. The molecule has 0 N–H and O–H groups in total. The SMILES string of the molecule is Cn1cc(-c2ccc3nnc(CC(=O)CN4C[C@@H]5C[C@H]4CO5)cc3c2)cn1. The van der Waals surface area contributed by atoms with Crippen molar-refractivity contribution >= 4 is 16.7 Å². The van der Waals surface area contributed by atoms with Gasteiger partial charge in [0.25, 0.3) is 0 Å². The lowest BCUT2D eigenvalue weighted by atomic mass is 10.1. The van der Waals surface area contributed by atoms with Crippen molar-refractivity contribution in [1.82, 2.24) is 24.9 Å². The maximum absolute atomic E-state index is 12.5. The zero-order valence-corrected chi connectivity index (χ0v) is 15.2. The number of likely N-dealkylation sites (tertiary alicyclic amines) is 1. The van der Waals surface area contributed by atoms with E-state index in [2.05, 4.69) is 26.3 Å². The number of ether oxygens (including phenoxy) is 1. The molecule has 0 saturated carbocycles. The molecule has 0 amide bonds. The summed E-state index contributed by atoms with van der Waals surface area (Å²) in [6, 6.07) is 8.43. The quantitative estimate of drug-likeness (QED) is 0.686. The fourth-order valence-corrected chi connectivity index (χ4v) is 4.08. The van der Waals surface area contributed by atoms with Crippen LogP contribution in [0.2, 0.25) is 0 Å². The normalized spacial score (nSPS) is 22.0. The van der Waals surface area contributed by atoms with Gasteiger partial charge in [0.05, 0.1) is 43.1 Å². The van der Waals surface area contributed by atoms with Gasteiger partial charge in [0.2, 0.25) is 0 Å². The molecule has 2 fully saturated rings. The van der Waals surface area contributed by atoms with Crippen LogP contribution in [0.25, 0.3) is 22.0 Å². The molecule has 7 heteroatoms. The molecular weight excluding hydrogens is 342 g/mol. The number of morpholine rings is 1. The van der Waals surface area contributed by atoms with Crippen LogP contribution < -0.4 is 0 Å². The van der Waals surface area contributed by atoms with E-state index in [0.717, 1.165) is 47.3 Å². The number of carbonyl (C=O) groups excluding carboxylic acids is 1. The Bertz CT molecular complexity index is 1010. The van der Waals surface area contributed by atoms with Gasteiger partial charge in [-0.1, -0.05) is 6.07 Å². The molecule has 2 aromatic heterocycles. The average Bonchev–Trinajstić information content (AvgIpc) is 3.38. The largest absolute Gasteiger partial charge is 0.375 e. The van der Waals surface area contributed by atoms with E-state index in [9.17, 15) is 4.79 Å². The van der Waals surface area contributed by atoms with Crippen molar-refractivity contribution in [2.24, 2.45) is 7.05 Å². The fourth-order valence-electron chi connectivity index (χ4n) is 4.08. The topological polar surface area (TPSA) is 73.1 Å². The molecule has 0 spiro atoms. The van der Waals surface area contributed by atoms with Crippen LogP contribution >= 0.6 is 0 Å². The van der Waals surface area contributed by atoms with E-state index in [1.807, 2.05) is 37.6 Å². The summed E-state index contributed by atoms with van der Waals surface area (Å²) in [6.07, 6.45) is 5.50. The first-order valence-electron chi connectivity index (χ1n) is 9.27. The molecule has 2 aliphatic heterocycles. The molecule has 27 heavy (non-hydrogen) atoms. The first-order chi connectivity index (χ1) is 13.1. The summed E-state index contributed by atoms with van der Waals surface area (Å²) in [5.74, 6) is 0.180. The van der Waals surface area contributed by atoms with E-state index < -0.39 is 0 Å². The van der Waals surface area contributed by atoms with E-state index in [0.29, 0.717) is 25.1 Å². The monoisotopic (exact) mass is 363 g/mol. The van der Waals surface area contributed by atoms with Crippen LogP contribution in [0.4, 0.5) is 0 Å². The summed E-state index contributed by atoms with van der Waals surface area (Å²) in [4.78, 5) is 14.8. The first kappa shape index (κ1) is 16.5. The smallest absolute Gasteiger partial charge is 0.152 e. The third-order valence-electron chi connectivity index (χ3n) is 5.45. The predicted molar refractivity (Wildman–Crippen MR) is 100 cm³/mol. The first-order valence-corrected chi connectivity index (χ1v) is 9.27. The van der Waals surface area contributed by atoms with Crippen molar-refractivity contribution in [1.29, 1.82) is 0 Å². The van der Waals surface area contributed by atoms with Crippen LogP contribution in [0, 0.1) is 0 Å². The number of rotatable bonds is 5. The molecule has 1 aromatic carbocycles. The van der Waals surface area contributed by atoms with Gasteiger partial charge in [0.1, 0.15) is 0 Å². The Morgan fingerprint density at radius 3 is 2.93 bits per heavy atom. The molecule has 0 aliphatic carbocycles. The summed E-state index contributed by atoms with van der Waals surface area (Å²) < 4.78 is 7.38. The lowest BCUT2D eigenvalue weighted by Gasteiger charge is -2.25. The highest BCUT2D eigenvalue weighted by Crippen LogP contribution is 2.27. The Balaban J connectivity index is 1.33. The fraction of sp³-hybridized carbons (Fsp3) is 0.400. The molecule has 5 rings (SSSR count). The maximum atomic E-state index is 12.5. The Hall–Kier alpha value is -2.64. The van der Waals surface area contributed by atoms with Gasteiger partial charge in [-0.25, -0.2) is 0 Å². The summed E-state index contributed by atoms with van der Waals surface area (Å²) in [6.45, 7) is 2.10. The Morgan fingerprint density at radius 2 is 2.19 bits per heavy atom. The van der Waals surface area contributed by atoms with Crippen molar-refractivity contribution in [3.63, 3.8) is 0 Å². The highest BCUT2D eigenvalue weighted by atomic mass is 16.5. The minimum absolute atomic E-state index is 0.180. The van der Waals surface area contributed by atoms with Crippen molar-refractivity contribution in [2.45, 2.75) is 25.0 Å². The van der Waals surface area contributed by atoms with Gasteiger partial charge in [0, 0.05) is 36.8 Å². The van der Waals surface area contributed by atoms with Crippen LogP contribution in [0.3, 0.4) is 0 Å². The number of hydrogen-bond donors (Lipinski definition) is 0. The van der Waals surface area contributed by atoms with Crippen LogP contribution in [-0.4, -0.2) is 62.5 Å². The molecule has 2 saturated heterocycles. The van der Waals surface area contributed by atoms with E-state index in [4.69, 9.17) is 4.74 Å². The molecule has 2 bridgehead atoms. The van der Waals surface area contributed by atoms with Gasteiger partial charge in [-0.15, -0.1) is 0 Å². The highest BCUT2D eigenvalue weighted by Gasteiger charge is 2.39. The van der Waals surface area contributed by atoms with E-state index in [-0.39, 0.29) is 5.78 Å². The number of ketones is 1. The predicted octanol–water partition coefficient (Wildman–Crippen LogP) is 1.61. The number of Topliss-reactive ketones (excluding diaryl/α,β-unsaturated/α-hetero) is 1. The highest BCUT2D eigenvalue weighted by molar-refractivity contribution is 5.86. The molecular formula is C20H21N5O2. The standard InChI is InChI=1S/C20H21N5O2/c1-24-9-15(8-21-24)13-2-3-20-14(4-13)5-16(22-23-20)6-18(26)10-25-11-19-7-17(25)12-27-19/h2-5,8-9,17,19H,6-7,10-12H2,1H3/t17-,19-/m0/s1. The van der Waals surface area contributed by atoms with Crippen molar-refractivity contribution < 1.29 is 9.53 Å². The van der Waals surface area contributed by atoms with Gasteiger partial charge in [-0.05, 0) is 30.2 Å². The Kier molecular flexibility index (Phi) is 3.98. The second kappa shape index (κ2) is 6.51. The van der Waals surface area contributed by atoms with Gasteiger partial charge in [-0.3, -0.25) is 14.4 Å². The third-order valence-corrected chi connectivity index (χ3v) is 5.45. The lowest BCUT2D eigenvalue weighted by molar-refractivity contribution is -0.120. The van der Waals surface area contributed by atoms with Gasteiger partial charge < -0.3 is 4.74 Å². The van der Waals surface area contributed by atoms with Gasteiger partial charge in [0.15, 0.2) is 5.78 Å². The maximum Gasteiger partial charge on any atom is 0.152 e. The average molecular weight is 363 g/mol. The van der Waals surface area contributed by atoms with Crippen molar-refractivity contribution in [2.75, 3.05) is 19.7 Å². The van der Waals surface area contributed by atoms with Crippen LogP contribution in [-0.2, 0) is 23.0 Å². The van der Waals surface area contributed by atoms with E-state index in [1.165, 1.54) is 0 Å². The van der Waals surface area contributed by atoms with Crippen LogP contribution in [0.5, 0.6) is 0 Å². The number of hydrogen-bond acceptors (Lipinski definition) is 6. The number of fused-ring (bicyclic) bond motifs is 3. The second-order valence-electron chi connectivity index (χ2n) is 7.50. The minimum Gasteiger partial charge on any atom is -0.375 e. The third kappa shape index (κ3) is 3.24. The van der Waals surface area contributed by atoms with Crippen molar-refractivity contribution in [3.8, 4) is 11.1 Å². The molecule has 3 aromatic rings. The number of carbonyl (C=O) groups is 1. The second-order valence-corrected chi connectivity index (χ2v) is 7.50. The summed E-state index contributed by atoms with van der Waals surface area (Å²) >= 11 is 0. The lowest BCUT2D eigenvalue weighted by Crippen LogP contribution is -2.40. The molecule has 0 radical (unpaired) electrons. The van der Waals surface area contributed by atoms with Gasteiger partial charge >= 0.3 is 0 Å².